The maximum Gasteiger partial charge on any atom is 0.351 e. The van der Waals surface area contributed by atoms with Crippen LogP contribution in [0.15, 0.2) is 69.9 Å². The molecule has 4 aromatic rings. The van der Waals surface area contributed by atoms with E-state index in [1.807, 2.05) is 13.0 Å². The van der Waals surface area contributed by atoms with Crippen molar-refractivity contribution in [1.82, 2.24) is 0 Å². The second kappa shape index (κ2) is 10.2. The number of aryl methyl sites for hydroxylation is 1. The number of benzene rings is 3. The lowest BCUT2D eigenvalue weighted by molar-refractivity contribution is 0.0727. The van der Waals surface area contributed by atoms with Crippen LogP contribution in [0.1, 0.15) is 23.0 Å². The largest absolute Gasteiger partial charge is 0.496 e. The summed E-state index contributed by atoms with van der Waals surface area (Å²) in [5.74, 6) is 1.37. The van der Waals surface area contributed by atoms with Gasteiger partial charge in [-0.15, -0.1) is 0 Å². The van der Waals surface area contributed by atoms with Crippen molar-refractivity contribution in [2.24, 2.45) is 0 Å². The molecule has 0 aliphatic rings. The van der Waals surface area contributed by atoms with Gasteiger partial charge in [-0.3, -0.25) is 4.79 Å². The molecule has 3 aromatic carbocycles. The molecule has 0 saturated carbocycles. The summed E-state index contributed by atoms with van der Waals surface area (Å²) in [7, 11) is 2.90. The molecule has 0 unspecified atom stereocenters. The molecule has 0 aliphatic heterocycles. The Hall–Kier alpha value is -4.46. The predicted octanol–water partition coefficient (Wildman–Crippen LogP) is 5.53. The lowest BCUT2D eigenvalue weighted by atomic mass is 10.1. The maximum atomic E-state index is 13.2. The number of rotatable bonds is 8. The summed E-state index contributed by atoms with van der Waals surface area (Å²) < 4.78 is 33.4. The van der Waals surface area contributed by atoms with Gasteiger partial charge in [0, 0.05) is 6.07 Å². The van der Waals surface area contributed by atoms with E-state index in [9.17, 15) is 9.59 Å². The van der Waals surface area contributed by atoms with Gasteiger partial charge in [0.25, 0.3) is 0 Å². The number of carbonyl (C=O) groups is 1. The number of carbonyl (C=O) groups excluding carboxylic acids is 1. The highest BCUT2D eigenvalue weighted by Gasteiger charge is 2.21. The minimum atomic E-state index is -0.676. The second-order valence-corrected chi connectivity index (χ2v) is 7.38. The molecule has 0 spiro atoms. The van der Waals surface area contributed by atoms with Crippen LogP contribution in [0.4, 0.5) is 0 Å². The van der Waals surface area contributed by atoms with E-state index < -0.39 is 5.97 Å². The van der Waals surface area contributed by atoms with Gasteiger partial charge in [-0.05, 0) is 50.2 Å². The van der Waals surface area contributed by atoms with E-state index in [1.54, 1.807) is 43.3 Å². The summed E-state index contributed by atoms with van der Waals surface area (Å²) in [6.45, 7) is 3.94. The van der Waals surface area contributed by atoms with Crippen LogP contribution in [0.3, 0.4) is 0 Å². The van der Waals surface area contributed by atoms with Crippen molar-refractivity contribution in [1.29, 1.82) is 0 Å². The molecule has 180 valence electrons. The molecule has 8 heteroatoms. The molecule has 8 nitrogen and oxygen atoms in total. The Morgan fingerprint density at radius 3 is 2.20 bits per heavy atom. The highest BCUT2D eigenvalue weighted by atomic mass is 16.5. The van der Waals surface area contributed by atoms with Gasteiger partial charge in [-0.1, -0.05) is 18.2 Å². The van der Waals surface area contributed by atoms with Crippen molar-refractivity contribution in [3.8, 4) is 34.5 Å². The molecule has 35 heavy (non-hydrogen) atoms. The number of ether oxygens (including phenoxy) is 5. The standard InChI is InChI=1S/C27H24O8/c1-5-32-19-9-6-7-10-20(19)35-26-16(2)33-23-15-17(13-14-18(23)25(26)28)34-27(29)24-21(30-3)11-8-12-22(24)31-4/h6-15H,5H2,1-4H3. The fraction of sp³-hybridized carbons (Fsp3) is 0.185. The molecular formula is C27H24O8. The Labute approximate surface area is 201 Å². The average molecular weight is 476 g/mol. The molecule has 0 saturated heterocycles. The van der Waals surface area contributed by atoms with E-state index in [0.29, 0.717) is 29.6 Å². The Morgan fingerprint density at radius 1 is 0.886 bits per heavy atom. The third-order valence-electron chi connectivity index (χ3n) is 5.19. The van der Waals surface area contributed by atoms with E-state index in [2.05, 4.69) is 0 Å². The Morgan fingerprint density at radius 2 is 1.54 bits per heavy atom. The Bertz CT molecular complexity index is 1420. The summed E-state index contributed by atoms with van der Waals surface area (Å²) in [4.78, 5) is 26.1. The van der Waals surface area contributed by atoms with E-state index >= 15 is 0 Å². The van der Waals surface area contributed by atoms with Gasteiger partial charge in [-0.25, -0.2) is 4.79 Å². The number of hydrogen-bond donors (Lipinski definition) is 0. The van der Waals surface area contributed by atoms with Crippen LogP contribution >= 0.6 is 0 Å². The first-order valence-electron chi connectivity index (χ1n) is 10.9. The first-order chi connectivity index (χ1) is 17.0. The number of methoxy groups -OCH3 is 2. The molecule has 0 atom stereocenters. The predicted molar refractivity (Wildman–Crippen MR) is 129 cm³/mol. The Balaban J connectivity index is 1.67. The highest BCUT2D eigenvalue weighted by molar-refractivity contribution is 5.97. The van der Waals surface area contributed by atoms with Gasteiger partial charge >= 0.3 is 5.97 Å². The molecule has 0 radical (unpaired) electrons. The number of fused-ring (bicyclic) bond motifs is 1. The molecule has 0 fully saturated rings. The number of para-hydroxylation sites is 2. The smallest absolute Gasteiger partial charge is 0.351 e. The first-order valence-corrected chi connectivity index (χ1v) is 10.9. The average Bonchev–Trinajstić information content (AvgIpc) is 2.86. The molecular weight excluding hydrogens is 452 g/mol. The molecule has 1 heterocycles. The fourth-order valence-corrected chi connectivity index (χ4v) is 3.58. The third kappa shape index (κ3) is 4.77. The molecule has 0 N–H and O–H groups in total. The summed E-state index contributed by atoms with van der Waals surface area (Å²) in [6.07, 6.45) is 0. The lowest BCUT2D eigenvalue weighted by Gasteiger charge is -2.13. The van der Waals surface area contributed by atoms with Crippen molar-refractivity contribution in [2.45, 2.75) is 13.8 Å². The van der Waals surface area contributed by atoms with Crippen molar-refractivity contribution in [3.05, 3.63) is 82.2 Å². The monoisotopic (exact) mass is 476 g/mol. The van der Waals surface area contributed by atoms with Gasteiger partial charge in [-0.2, -0.15) is 0 Å². The van der Waals surface area contributed by atoms with Crippen molar-refractivity contribution in [2.75, 3.05) is 20.8 Å². The third-order valence-corrected chi connectivity index (χ3v) is 5.19. The zero-order chi connectivity index (χ0) is 24.9. The van der Waals surface area contributed by atoms with Crippen LogP contribution in [-0.2, 0) is 0 Å². The van der Waals surface area contributed by atoms with Gasteiger partial charge in [0.2, 0.25) is 11.2 Å². The van der Waals surface area contributed by atoms with E-state index in [0.717, 1.165) is 0 Å². The molecule has 0 amide bonds. The van der Waals surface area contributed by atoms with Crippen molar-refractivity contribution < 1.29 is 32.9 Å². The zero-order valence-corrected chi connectivity index (χ0v) is 19.7. The summed E-state index contributed by atoms with van der Waals surface area (Å²) in [5.41, 5.74) is 0.0292. The van der Waals surface area contributed by atoms with Gasteiger partial charge in [0.15, 0.2) is 11.5 Å². The number of hydrogen-bond acceptors (Lipinski definition) is 8. The highest BCUT2D eigenvalue weighted by Crippen LogP contribution is 2.34. The Kier molecular flexibility index (Phi) is 6.91. The lowest BCUT2D eigenvalue weighted by Crippen LogP contribution is -2.12. The summed E-state index contributed by atoms with van der Waals surface area (Å²) in [5, 5.41) is 0.272. The first kappa shape index (κ1) is 23.7. The zero-order valence-electron chi connectivity index (χ0n) is 19.7. The minimum absolute atomic E-state index is 0.0492. The van der Waals surface area contributed by atoms with Gasteiger partial charge < -0.3 is 28.1 Å². The van der Waals surface area contributed by atoms with E-state index in [1.165, 1.54) is 32.4 Å². The summed E-state index contributed by atoms with van der Waals surface area (Å²) >= 11 is 0. The van der Waals surface area contributed by atoms with Crippen LogP contribution in [-0.4, -0.2) is 26.8 Å². The molecule has 0 bridgehead atoms. The van der Waals surface area contributed by atoms with Crippen LogP contribution in [0.5, 0.6) is 34.5 Å². The topological polar surface area (TPSA) is 93.4 Å². The van der Waals surface area contributed by atoms with Crippen LogP contribution in [0.25, 0.3) is 11.0 Å². The maximum absolute atomic E-state index is 13.2. The van der Waals surface area contributed by atoms with Crippen molar-refractivity contribution in [3.63, 3.8) is 0 Å². The summed E-state index contributed by atoms with van der Waals surface area (Å²) in [6, 6.07) is 16.5. The fourth-order valence-electron chi connectivity index (χ4n) is 3.58. The normalized spacial score (nSPS) is 10.6. The van der Waals surface area contributed by atoms with Gasteiger partial charge in [0.1, 0.15) is 34.2 Å². The van der Waals surface area contributed by atoms with Crippen molar-refractivity contribution >= 4 is 16.9 Å². The van der Waals surface area contributed by atoms with Crippen LogP contribution in [0.2, 0.25) is 0 Å². The number of esters is 1. The molecule has 4 rings (SSSR count). The second-order valence-electron chi connectivity index (χ2n) is 7.38. The quantitative estimate of drug-likeness (QED) is 0.242. The van der Waals surface area contributed by atoms with Crippen LogP contribution < -0.4 is 29.1 Å². The molecule has 0 aliphatic carbocycles. The van der Waals surface area contributed by atoms with Crippen LogP contribution in [0, 0.1) is 6.92 Å². The minimum Gasteiger partial charge on any atom is -0.496 e. The van der Waals surface area contributed by atoms with Gasteiger partial charge in [0.05, 0.1) is 26.2 Å². The van der Waals surface area contributed by atoms with E-state index in [4.69, 9.17) is 28.1 Å². The SMILES string of the molecule is CCOc1ccccc1Oc1c(C)oc2cc(OC(=O)c3c(OC)cccc3OC)ccc2c1=O. The molecule has 1 aromatic heterocycles. The van der Waals surface area contributed by atoms with E-state index in [-0.39, 0.29) is 39.2 Å².